The molecule has 0 aliphatic rings. The van der Waals surface area contributed by atoms with E-state index in [4.69, 9.17) is 14.9 Å². The Hall–Kier alpha value is -3.62. The molecular weight excluding hydrogens is 460 g/mol. The second-order valence-corrected chi connectivity index (χ2v) is 9.42. The number of ether oxygens (including phenoxy) is 1. The van der Waals surface area contributed by atoms with Gasteiger partial charge in [0.1, 0.15) is 18.5 Å². The van der Waals surface area contributed by atoms with Gasteiger partial charge in [-0.2, -0.15) is 0 Å². The molecule has 0 spiro atoms. The van der Waals surface area contributed by atoms with Gasteiger partial charge < -0.3 is 30.4 Å². The lowest BCUT2D eigenvalue weighted by Crippen LogP contribution is -2.42. The van der Waals surface area contributed by atoms with Gasteiger partial charge in [0.05, 0.1) is 0 Å². The van der Waals surface area contributed by atoms with E-state index >= 15 is 0 Å². The molecule has 0 aliphatic carbocycles. The van der Waals surface area contributed by atoms with Crippen LogP contribution in [-0.2, 0) is 22.4 Å². The van der Waals surface area contributed by atoms with Crippen molar-refractivity contribution in [1.82, 2.24) is 10.3 Å². The fourth-order valence-electron chi connectivity index (χ4n) is 3.50. The van der Waals surface area contributed by atoms with Crippen molar-refractivity contribution < 1.29 is 29.6 Å². The van der Waals surface area contributed by atoms with Crippen LogP contribution >= 0.6 is 0 Å². The predicted octanol–water partition coefficient (Wildman–Crippen LogP) is 4.18. The van der Waals surface area contributed by atoms with Gasteiger partial charge in [0.15, 0.2) is 0 Å². The number of aromatic amines is 1. The van der Waals surface area contributed by atoms with Gasteiger partial charge in [-0.3, -0.25) is 0 Å². The summed E-state index contributed by atoms with van der Waals surface area (Å²) in [5, 5.41) is 30.4. The number of hydrogen-bond donors (Lipinski definition) is 5. The summed E-state index contributed by atoms with van der Waals surface area (Å²) >= 11 is 0. The third-order valence-corrected chi connectivity index (χ3v) is 5.22. The maximum Gasteiger partial charge on any atom is 0.328 e. The third-order valence-electron chi connectivity index (χ3n) is 5.22. The van der Waals surface area contributed by atoms with E-state index in [1.807, 2.05) is 24.4 Å². The number of aliphatic hydroxyl groups excluding tert-OH is 1. The van der Waals surface area contributed by atoms with Crippen molar-refractivity contribution in [3.63, 3.8) is 0 Å². The van der Waals surface area contributed by atoms with Crippen molar-refractivity contribution >= 4 is 22.8 Å². The molecule has 0 amide bonds. The van der Waals surface area contributed by atoms with Crippen LogP contribution in [0.15, 0.2) is 66.9 Å². The largest absolute Gasteiger partial charge is 0.491 e. The number of fused-ring (bicyclic) bond motifs is 1. The SMILES string of the molecule is CC(C)(C)NCC(O)COc1ccccc1CCCc1cccc2[nH]ccc12.O=C(O)/C=C/C(=O)O. The molecule has 1 aromatic heterocycles. The molecule has 3 rings (SSSR count). The lowest BCUT2D eigenvalue weighted by atomic mass is 10.0. The van der Waals surface area contributed by atoms with Crippen LogP contribution in [0.1, 0.15) is 38.3 Å². The smallest absolute Gasteiger partial charge is 0.328 e. The van der Waals surface area contributed by atoms with Crippen LogP contribution in [0.25, 0.3) is 10.9 Å². The number of benzene rings is 2. The van der Waals surface area contributed by atoms with Crippen molar-refractivity contribution in [2.45, 2.75) is 51.7 Å². The Labute approximate surface area is 211 Å². The molecule has 0 aliphatic heterocycles. The van der Waals surface area contributed by atoms with E-state index in [9.17, 15) is 14.7 Å². The van der Waals surface area contributed by atoms with Crippen LogP contribution < -0.4 is 10.1 Å². The average molecular weight is 497 g/mol. The number of carboxylic acid groups (broad SMARTS) is 2. The number of para-hydroxylation sites is 1. The molecule has 0 radical (unpaired) electrons. The number of carboxylic acids is 2. The van der Waals surface area contributed by atoms with Crippen molar-refractivity contribution in [2.24, 2.45) is 0 Å². The van der Waals surface area contributed by atoms with E-state index in [-0.39, 0.29) is 5.54 Å². The molecule has 0 fully saturated rings. The first-order valence-corrected chi connectivity index (χ1v) is 11.9. The first kappa shape index (κ1) is 28.6. The van der Waals surface area contributed by atoms with Crippen molar-refractivity contribution in [1.29, 1.82) is 0 Å². The van der Waals surface area contributed by atoms with Crippen LogP contribution in [0.2, 0.25) is 0 Å². The quantitative estimate of drug-likeness (QED) is 0.252. The van der Waals surface area contributed by atoms with Gasteiger partial charge in [-0.25, -0.2) is 9.59 Å². The Bertz CT molecular complexity index is 1130. The van der Waals surface area contributed by atoms with Crippen LogP contribution in [-0.4, -0.2) is 57.0 Å². The number of aromatic nitrogens is 1. The topological polar surface area (TPSA) is 132 Å². The molecule has 0 saturated carbocycles. The lowest BCUT2D eigenvalue weighted by Gasteiger charge is -2.23. The average Bonchev–Trinajstić information content (AvgIpc) is 3.30. The molecule has 8 nitrogen and oxygen atoms in total. The van der Waals surface area contributed by atoms with Crippen molar-refractivity contribution in [3.8, 4) is 5.75 Å². The number of nitrogens with one attached hydrogen (secondary N) is 2. The van der Waals surface area contributed by atoms with Crippen molar-refractivity contribution in [3.05, 3.63) is 78.0 Å². The van der Waals surface area contributed by atoms with E-state index in [1.54, 1.807) is 0 Å². The standard InChI is InChI=1S/C24H32N2O2.C4H4O4/c1-24(2,3)26-16-20(27)17-28-23-13-5-4-8-19(23)11-6-9-18-10-7-12-22-21(18)14-15-25-22;5-3(6)1-2-4(7)8/h4-5,7-8,10,12-15,20,25-27H,6,9,11,16-17H2,1-3H3;1-2H,(H,5,6)(H,7,8)/b;2-1+. The van der Waals surface area contributed by atoms with E-state index in [0.717, 1.165) is 25.0 Å². The molecule has 8 heteroatoms. The monoisotopic (exact) mass is 496 g/mol. The number of carbonyl (C=O) groups is 2. The van der Waals surface area contributed by atoms with E-state index in [1.165, 1.54) is 22.0 Å². The summed E-state index contributed by atoms with van der Waals surface area (Å²) in [4.78, 5) is 22.4. The van der Waals surface area contributed by atoms with Gasteiger partial charge in [-0.15, -0.1) is 0 Å². The second kappa shape index (κ2) is 14.1. The van der Waals surface area contributed by atoms with Gasteiger partial charge in [0, 0.05) is 41.3 Å². The molecule has 0 bridgehead atoms. The third kappa shape index (κ3) is 10.8. The maximum atomic E-state index is 10.2. The van der Waals surface area contributed by atoms with Crippen LogP contribution in [0, 0.1) is 0 Å². The number of β-amino-alcohol motifs (C(OH)–C–C–N with tert-alkyl or cyclic N) is 1. The zero-order valence-corrected chi connectivity index (χ0v) is 21.0. The molecule has 1 heterocycles. The summed E-state index contributed by atoms with van der Waals surface area (Å²) < 4.78 is 5.93. The van der Waals surface area contributed by atoms with E-state index < -0.39 is 18.0 Å². The highest BCUT2D eigenvalue weighted by molar-refractivity contribution is 5.89. The fraction of sp³-hybridized carbons (Fsp3) is 0.357. The zero-order chi connectivity index (χ0) is 26.6. The second-order valence-electron chi connectivity index (χ2n) is 9.42. The molecule has 194 valence electrons. The number of aryl methyl sites for hydroxylation is 2. The zero-order valence-electron chi connectivity index (χ0n) is 21.0. The molecular formula is C28H36N2O6. The van der Waals surface area contributed by atoms with Crippen LogP contribution in [0.4, 0.5) is 0 Å². The Morgan fingerprint density at radius 3 is 2.28 bits per heavy atom. The first-order valence-electron chi connectivity index (χ1n) is 11.9. The summed E-state index contributed by atoms with van der Waals surface area (Å²) in [6.07, 6.45) is 5.62. The minimum atomic E-state index is -1.26. The highest BCUT2D eigenvalue weighted by atomic mass is 16.5. The summed E-state index contributed by atoms with van der Waals surface area (Å²) in [5.74, 6) is -1.64. The molecule has 1 atom stereocenters. The Morgan fingerprint density at radius 1 is 0.972 bits per heavy atom. The fourth-order valence-corrected chi connectivity index (χ4v) is 3.50. The number of H-pyrrole nitrogens is 1. The van der Waals surface area contributed by atoms with Crippen molar-refractivity contribution in [2.75, 3.05) is 13.2 Å². The van der Waals surface area contributed by atoms with E-state index in [2.05, 4.69) is 61.4 Å². The van der Waals surface area contributed by atoms with Gasteiger partial charge >= 0.3 is 11.9 Å². The summed E-state index contributed by atoms with van der Waals surface area (Å²) in [7, 11) is 0. The summed E-state index contributed by atoms with van der Waals surface area (Å²) in [5.41, 5.74) is 3.75. The molecule has 5 N–H and O–H groups in total. The van der Waals surface area contributed by atoms with Gasteiger partial charge in [0.2, 0.25) is 0 Å². The van der Waals surface area contributed by atoms with Crippen LogP contribution in [0.5, 0.6) is 5.75 Å². The van der Waals surface area contributed by atoms with E-state index in [0.29, 0.717) is 25.3 Å². The Morgan fingerprint density at radius 2 is 1.61 bits per heavy atom. The maximum absolute atomic E-state index is 10.2. The first-order chi connectivity index (χ1) is 17.0. The number of aliphatic carboxylic acids is 2. The summed E-state index contributed by atoms with van der Waals surface area (Å²) in [6.45, 7) is 7.08. The molecule has 3 aromatic rings. The highest BCUT2D eigenvalue weighted by Crippen LogP contribution is 2.23. The minimum absolute atomic E-state index is 0.0127. The van der Waals surface area contributed by atoms with Crippen LogP contribution in [0.3, 0.4) is 0 Å². The Kier molecular flexibility index (Phi) is 11.2. The highest BCUT2D eigenvalue weighted by Gasteiger charge is 2.13. The number of hydrogen-bond acceptors (Lipinski definition) is 5. The van der Waals surface area contributed by atoms with Gasteiger partial charge in [-0.05, 0) is 69.4 Å². The lowest BCUT2D eigenvalue weighted by molar-refractivity contribution is -0.134. The predicted molar refractivity (Wildman–Crippen MR) is 140 cm³/mol. The number of aliphatic hydroxyl groups is 1. The minimum Gasteiger partial charge on any atom is -0.491 e. The molecule has 1 unspecified atom stereocenters. The van der Waals surface area contributed by atoms with Gasteiger partial charge in [0.25, 0.3) is 0 Å². The van der Waals surface area contributed by atoms with Gasteiger partial charge in [-0.1, -0.05) is 30.3 Å². The number of rotatable bonds is 11. The summed E-state index contributed by atoms with van der Waals surface area (Å²) in [6, 6.07) is 16.7. The molecule has 2 aromatic carbocycles. The normalized spacial score (nSPS) is 12.2. The Balaban J connectivity index is 0.000000493. The molecule has 36 heavy (non-hydrogen) atoms. The molecule has 0 saturated heterocycles.